The van der Waals surface area contributed by atoms with E-state index in [2.05, 4.69) is 10.6 Å². The molecule has 0 aliphatic heterocycles. The Morgan fingerprint density at radius 1 is 1.53 bits per heavy atom. The number of nitriles is 1. The van der Waals surface area contributed by atoms with E-state index in [1.165, 1.54) is 7.11 Å². The van der Waals surface area contributed by atoms with Gasteiger partial charge in [-0.15, -0.1) is 0 Å². The van der Waals surface area contributed by atoms with Gasteiger partial charge < -0.3 is 15.4 Å². The standard InChI is InChI=1S/C14H19N3O2/c1-4-16-9-10(2)14(18)17-12-6-5-11(8-15)7-13(12)19-3/h5-7,10,16H,4,9H2,1-3H3,(H,17,18). The Morgan fingerprint density at radius 2 is 2.26 bits per heavy atom. The van der Waals surface area contributed by atoms with Crippen LogP contribution >= 0.6 is 0 Å². The molecule has 0 radical (unpaired) electrons. The first kappa shape index (κ1) is 15.0. The van der Waals surface area contributed by atoms with Gasteiger partial charge in [-0.25, -0.2) is 0 Å². The average molecular weight is 261 g/mol. The summed E-state index contributed by atoms with van der Waals surface area (Å²) >= 11 is 0. The number of benzene rings is 1. The van der Waals surface area contributed by atoms with Crippen LogP contribution in [0.4, 0.5) is 5.69 Å². The zero-order chi connectivity index (χ0) is 14.3. The number of methoxy groups -OCH3 is 1. The Morgan fingerprint density at radius 3 is 2.84 bits per heavy atom. The highest BCUT2D eigenvalue weighted by molar-refractivity contribution is 5.94. The van der Waals surface area contributed by atoms with Crippen LogP contribution in [0.5, 0.6) is 5.75 Å². The molecule has 1 atom stereocenters. The fourth-order valence-corrected chi connectivity index (χ4v) is 1.57. The molecule has 0 aliphatic carbocycles. The van der Waals surface area contributed by atoms with E-state index in [1.807, 2.05) is 19.9 Å². The van der Waals surface area contributed by atoms with Crippen molar-refractivity contribution < 1.29 is 9.53 Å². The fourth-order valence-electron chi connectivity index (χ4n) is 1.57. The number of amides is 1. The second-order valence-electron chi connectivity index (χ2n) is 4.22. The summed E-state index contributed by atoms with van der Waals surface area (Å²) in [6, 6.07) is 6.95. The van der Waals surface area contributed by atoms with Crippen molar-refractivity contribution in [3.05, 3.63) is 23.8 Å². The molecule has 0 fully saturated rings. The van der Waals surface area contributed by atoms with Gasteiger partial charge in [0, 0.05) is 18.5 Å². The van der Waals surface area contributed by atoms with Crippen LogP contribution in [0.25, 0.3) is 0 Å². The molecule has 5 heteroatoms. The number of ether oxygens (including phenoxy) is 1. The minimum atomic E-state index is -0.139. The van der Waals surface area contributed by atoms with E-state index in [-0.39, 0.29) is 11.8 Å². The van der Waals surface area contributed by atoms with Crippen molar-refractivity contribution in [2.45, 2.75) is 13.8 Å². The van der Waals surface area contributed by atoms with Crippen LogP contribution in [0.3, 0.4) is 0 Å². The lowest BCUT2D eigenvalue weighted by atomic mass is 10.1. The monoisotopic (exact) mass is 261 g/mol. The third-order valence-electron chi connectivity index (χ3n) is 2.74. The summed E-state index contributed by atoms with van der Waals surface area (Å²) in [5, 5.41) is 14.7. The summed E-state index contributed by atoms with van der Waals surface area (Å²) in [4.78, 5) is 12.0. The van der Waals surface area contributed by atoms with Gasteiger partial charge >= 0.3 is 0 Å². The Kier molecular flexibility index (Phi) is 5.83. The SMILES string of the molecule is CCNCC(C)C(=O)Nc1ccc(C#N)cc1OC. The van der Waals surface area contributed by atoms with Crippen molar-refractivity contribution in [2.24, 2.45) is 5.92 Å². The van der Waals surface area contributed by atoms with Gasteiger partial charge in [-0.2, -0.15) is 5.26 Å². The summed E-state index contributed by atoms with van der Waals surface area (Å²) in [6.07, 6.45) is 0. The molecule has 0 heterocycles. The topological polar surface area (TPSA) is 74.2 Å². The molecule has 0 aromatic heterocycles. The van der Waals surface area contributed by atoms with Crippen LogP contribution in [-0.2, 0) is 4.79 Å². The van der Waals surface area contributed by atoms with Gasteiger partial charge in [-0.3, -0.25) is 4.79 Å². The maximum atomic E-state index is 12.0. The molecule has 0 bridgehead atoms. The minimum absolute atomic E-state index is 0.0797. The van der Waals surface area contributed by atoms with Crippen LogP contribution in [0.1, 0.15) is 19.4 Å². The van der Waals surface area contributed by atoms with Crippen molar-refractivity contribution in [2.75, 3.05) is 25.5 Å². The maximum Gasteiger partial charge on any atom is 0.228 e. The number of rotatable bonds is 6. The number of hydrogen-bond acceptors (Lipinski definition) is 4. The van der Waals surface area contributed by atoms with Crippen molar-refractivity contribution >= 4 is 11.6 Å². The molecule has 1 amide bonds. The second-order valence-corrected chi connectivity index (χ2v) is 4.22. The summed E-state index contributed by atoms with van der Waals surface area (Å²) in [5.74, 6) is 0.271. The Bertz CT molecular complexity index is 480. The van der Waals surface area contributed by atoms with E-state index in [9.17, 15) is 4.79 Å². The molecule has 102 valence electrons. The summed E-state index contributed by atoms with van der Waals surface area (Å²) < 4.78 is 5.17. The molecule has 0 saturated carbocycles. The number of carbonyl (C=O) groups is 1. The van der Waals surface area contributed by atoms with Crippen molar-refractivity contribution in [1.29, 1.82) is 5.26 Å². The van der Waals surface area contributed by atoms with Gasteiger partial charge in [0.1, 0.15) is 5.75 Å². The predicted octanol–water partition coefficient (Wildman–Crippen LogP) is 1.75. The Hall–Kier alpha value is -2.06. The fraction of sp³-hybridized carbons (Fsp3) is 0.429. The average Bonchev–Trinajstić information content (AvgIpc) is 2.44. The third-order valence-corrected chi connectivity index (χ3v) is 2.74. The molecular weight excluding hydrogens is 242 g/mol. The van der Waals surface area contributed by atoms with Gasteiger partial charge in [-0.05, 0) is 18.7 Å². The maximum absolute atomic E-state index is 12.0. The van der Waals surface area contributed by atoms with Gasteiger partial charge in [0.15, 0.2) is 0 Å². The van der Waals surface area contributed by atoms with Gasteiger partial charge in [0.25, 0.3) is 0 Å². The van der Waals surface area contributed by atoms with Gasteiger partial charge in [0.05, 0.1) is 24.4 Å². The molecule has 0 spiro atoms. The van der Waals surface area contributed by atoms with Gasteiger partial charge in [0.2, 0.25) is 5.91 Å². The van der Waals surface area contributed by atoms with Crippen LogP contribution in [0, 0.1) is 17.2 Å². The molecular formula is C14H19N3O2. The van der Waals surface area contributed by atoms with Crippen LogP contribution < -0.4 is 15.4 Å². The van der Waals surface area contributed by atoms with Crippen molar-refractivity contribution in [3.63, 3.8) is 0 Å². The van der Waals surface area contributed by atoms with Gasteiger partial charge in [-0.1, -0.05) is 13.8 Å². The lowest BCUT2D eigenvalue weighted by Crippen LogP contribution is -2.30. The second kappa shape index (κ2) is 7.39. The zero-order valence-corrected chi connectivity index (χ0v) is 11.5. The highest BCUT2D eigenvalue weighted by Gasteiger charge is 2.14. The lowest BCUT2D eigenvalue weighted by molar-refractivity contribution is -0.119. The Balaban J connectivity index is 2.76. The molecule has 0 aliphatic rings. The summed E-state index contributed by atoms with van der Waals surface area (Å²) in [6.45, 7) is 5.31. The number of nitrogens with one attached hydrogen (secondary N) is 2. The summed E-state index contributed by atoms with van der Waals surface area (Å²) in [7, 11) is 1.51. The first-order chi connectivity index (χ1) is 9.12. The number of hydrogen-bond donors (Lipinski definition) is 2. The number of nitrogens with zero attached hydrogens (tertiary/aromatic N) is 1. The molecule has 2 N–H and O–H groups in total. The van der Waals surface area contributed by atoms with E-state index in [0.29, 0.717) is 23.5 Å². The number of anilines is 1. The van der Waals surface area contributed by atoms with Crippen LogP contribution in [0.15, 0.2) is 18.2 Å². The van der Waals surface area contributed by atoms with Crippen molar-refractivity contribution in [3.8, 4) is 11.8 Å². The normalized spacial score (nSPS) is 11.5. The predicted molar refractivity (Wildman–Crippen MR) is 74.0 cm³/mol. The van der Waals surface area contributed by atoms with Crippen molar-refractivity contribution in [1.82, 2.24) is 5.32 Å². The third kappa shape index (κ3) is 4.27. The molecule has 1 aromatic carbocycles. The minimum Gasteiger partial charge on any atom is -0.495 e. The smallest absolute Gasteiger partial charge is 0.228 e. The van der Waals surface area contributed by atoms with E-state index < -0.39 is 0 Å². The van der Waals surface area contributed by atoms with E-state index in [1.54, 1.807) is 18.2 Å². The largest absolute Gasteiger partial charge is 0.495 e. The quantitative estimate of drug-likeness (QED) is 0.818. The highest BCUT2D eigenvalue weighted by Crippen LogP contribution is 2.25. The zero-order valence-electron chi connectivity index (χ0n) is 11.5. The molecule has 5 nitrogen and oxygen atoms in total. The first-order valence-electron chi connectivity index (χ1n) is 6.22. The molecule has 1 rings (SSSR count). The first-order valence-corrected chi connectivity index (χ1v) is 6.22. The van der Waals surface area contributed by atoms with Crippen LogP contribution in [-0.4, -0.2) is 26.1 Å². The van der Waals surface area contributed by atoms with E-state index >= 15 is 0 Å². The molecule has 19 heavy (non-hydrogen) atoms. The summed E-state index contributed by atoms with van der Waals surface area (Å²) in [5.41, 5.74) is 1.07. The van der Waals surface area contributed by atoms with Crippen LogP contribution in [0.2, 0.25) is 0 Å². The van der Waals surface area contributed by atoms with E-state index in [4.69, 9.17) is 10.00 Å². The lowest BCUT2D eigenvalue weighted by Gasteiger charge is -2.14. The Labute approximate surface area is 113 Å². The highest BCUT2D eigenvalue weighted by atomic mass is 16.5. The van der Waals surface area contributed by atoms with E-state index in [0.717, 1.165) is 6.54 Å². The molecule has 1 aromatic rings. The molecule has 1 unspecified atom stereocenters. The molecule has 0 saturated heterocycles. The number of carbonyl (C=O) groups excluding carboxylic acids is 1.